The van der Waals surface area contributed by atoms with E-state index in [0.29, 0.717) is 0 Å². The molecule has 3 aromatic rings. The molecule has 0 spiro atoms. The normalized spacial score (nSPS) is 29.2. The van der Waals surface area contributed by atoms with Crippen LogP contribution in [0, 0.1) is 0 Å². The highest BCUT2D eigenvalue weighted by Crippen LogP contribution is 2.32. The molecule has 2 amide bonds. The third-order valence-corrected chi connectivity index (χ3v) is 6.70. The van der Waals surface area contributed by atoms with Crippen molar-refractivity contribution >= 4 is 34.8 Å². The van der Waals surface area contributed by atoms with Crippen molar-refractivity contribution in [3.8, 4) is 0 Å². The highest BCUT2D eigenvalue weighted by atomic mass is 16.6. The molecule has 42 heavy (non-hydrogen) atoms. The van der Waals surface area contributed by atoms with Gasteiger partial charge >= 0.3 is 5.97 Å². The van der Waals surface area contributed by atoms with Crippen molar-refractivity contribution in [2.45, 2.75) is 61.9 Å². The molecule has 2 fully saturated rings. The fraction of sp³-hybridized carbons (Fsp3) is 0.545. The van der Waals surface area contributed by atoms with E-state index in [1.807, 2.05) is 0 Å². The van der Waals surface area contributed by atoms with E-state index in [0.717, 1.165) is 17.3 Å². The van der Waals surface area contributed by atoms with E-state index in [4.69, 9.17) is 19.9 Å². The molecule has 5 rings (SSSR count). The van der Waals surface area contributed by atoms with Crippen LogP contribution in [0.1, 0.15) is 35.9 Å². The summed E-state index contributed by atoms with van der Waals surface area (Å²) in [5.74, 6) is -2.61. The van der Waals surface area contributed by atoms with Crippen LogP contribution in [0.25, 0.3) is 11.2 Å². The van der Waals surface area contributed by atoms with Gasteiger partial charge in [-0.05, 0) is 0 Å². The van der Waals surface area contributed by atoms with Crippen LogP contribution in [0.3, 0.4) is 0 Å². The number of nitrogens with one attached hydrogen (secondary N) is 1. The zero-order chi connectivity index (χ0) is 30.1. The molecule has 20 nitrogen and oxygen atoms in total. The number of hydrogen-bond donors (Lipinski definition) is 7. The van der Waals surface area contributed by atoms with Crippen molar-refractivity contribution in [2.24, 2.45) is 5.73 Å². The number of nitrogens with two attached hydrogens (primary N) is 1. The SMILES string of the molecule is NC(=O)c1ncn([C@@H]2O[C@H](COC(=O)CCC(=O)Nc3ncnc4c3ncn4[C@@H]3O[C@H](CO)[C@@H](O)[C@@H]3O)[C@@H](O)[C@H]2O)n1. The predicted molar refractivity (Wildman–Crippen MR) is 132 cm³/mol. The average molecular weight is 594 g/mol. The number of imidazole rings is 1. The summed E-state index contributed by atoms with van der Waals surface area (Å²) in [6.07, 6.45) is -7.27. The van der Waals surface area contributed by atoms with E-state index in [2.05, 4.69) is 30.4 Å². The van der Waals surface area contributed by atoms with Crippen molar-refractivity contribution in [3.63, 3.8) is 0 Å². The maximum atomic E-state index is 12.5. The third-order valence-electron chi connectivity index (χ3n) is 6.70. The molecular weight excluding hydrogens is 566 g/mol. The van der Waals surface area contributed by atoms with Gasteiger partial charge in [0.25, 0.3) is 5.91 Å². The molecule has 0 aliphatic carbocycles. The first-order valence-corrected chi connectivity index (χ1v) is 12.6. The van der Waals surface area contributed by atoms with Crippen LogP contribution in [0.5, 0.6) is 0 Å². The number of primary amides is 1. The van der Waals surface area contributed by atoms with Crippen molar-refractivity contribution < 1.29 is 54.1 Å². The highest BCUT2D eigenvalue weighted by Gasteiger charge is 2.45. The van der Waals surface area contributed by atoms with Gasteiger partial charge in [-0.3, -0.25) is 19.0 Å². The summed E-state index contributed by atoms with van der Waals surface area (Å²) in [6.45, 7) is -0.962. The van der Waals surface area contributed by atoms with Gasteiger partial charge in [0.15, 0.2) is 29.4 Å². The summed E-state index contributed by atoms with van der Waals surface area (Å²) in [5, 5.41) is 56.5. The fourth-order valence-electron chi connectivity index (χ4n) is 4.49. The molecule has 0 radical (unpaired) electrons. The van der Waals surface area contributed by atoms with Gasteiger partial charge in [0.2, 0.25) is 11.7 Å². The number of carbonyl (C=O) groups is 3. The first-order valence-electron chi connectivity index (χ1n) is 12.6. The molecule has 8 atom stereocenters. The second-order valence-corrected chi connectivity index (χ2v) is 9.47. The lowest BCUT2D eigenvalue weighted by Crippen LogP contribution is -2.34. The number of hydrogen-bond acceptors (Lipinski definition) is 16. The topological polar surface area (TPSA) is 292 Å². The van der Waals surface area contributed by atoms with Crippen molar-refractivity contribution in [1.29, 1.82) is 0 Å². The Hall–Kier alpha value is -4.18. The summed E-state index contributed by atoms with van der Waals surface area (Å²) in [7, 11) is 0. The number of carbonyl (C=O) groups excluding carboxylic acids is 3. The molecule has 2 saturated heterocycles. The van der Waals surface area contributed by atoms with E-state index in [-0.39, 0.29) is 35.6 Å². The zero-order valence-corrected chi connectivity index (χ0v) is 21.6. The van der Waals surface area contributed by atoms with Crippen LogP contribution < -0.4 is 11.1 Å². The van der Waals surface area contributed by atoms with Crippen LogP contribution in [0.4, 0.5) is 5.82 Å². The van der Waals surface area contributed by atoms with E-state index in [1.54, 1.807) is 0 Å². The van der Waals surface area contributed by atoms with Gasteiger partial charge in [-0.1, -0.05) is 0 Å². The van der Waals surface area contributed by atoms with E-state index >= 15 is 0 Å². The van der Waals surface area contributed by atoms with Gasteiger partial charge in [-0.2, -0.15) is 0 Å². The quantitative estimate of drug-likeness (QED) is 0.109. The predicted octanol–water partition coefficient (Wildman–Crippen LogP) is -4.29. The lowest BCUT2D eigenvalue weighted by molar-refractivity contribution is -0.151. The number of ether oxygens (including phenoxy) is 3. The van der Waals surface area contributed by atoms with Crippen LogP contribution in [0.15, 0.2) is 19.0 Å². The summed E-state index contributed by atoms with van der Waals surface area (Å²) in [4.78, 5) is 51.9. The number of rotatable bonds is 10. The average Bonchev–Trinajstić information content (AvgIpc) is 3.74. The number of amides is 2. The van der Waals surface area contributed by atoms with Gasteiger partial charge in [0.1, 0.15) is 55.9 Å². The van der Waals surface area contributed by atoms with Gasteiger partial charge in [0.05, 0.1) is 19.4 Å². The minimum Gasteiger partial charge on any atom is -0.463 e. The largest absolute Gasteiger partial charge is 0.463 e. The maximum Gasteiger partial charge on any atom is 0.306 e. The lowest BCUT2D eigenvalue weighted by atomic mass is 10.1. The molecule has 0 aromatic carbocycles. The summed E-state index contributed by atoms with van der Waals surface area (Å²) < 4.78 is 18.4. The molecule has 5 heterocycles. The number of aromatic nitrogens is 7. The molecule has 0 saturated carbocycles. The summed E-state index contributed by atoms with van der Waals surface area (Å²) >= 11 is 0. The Morgan fingerprint density at radius 2 is 1.64 bits per heavy atom. The van der Waals surface area contributed by atoms with E-state index < -0.39 is 80.1 Å². The second-order valence-electron chi connectivity index (χ2n) is 9.47. The number of aliphatic hydroxyl groups is 5. The van der Waals surface area contributed by atoms with Crippen molar-refractivity contribution in [2.75, 3.05) is 18.5 Å². The standard InChI is InChI=1S/C22H27N9O11/c23-17(39)19-27-7-31(29-19)22-16(38)14(36)9(42-22)4-40-11(34)2-1-10(33)28-18-12-20(25-5-24-18)30(6-26-12)21-15(37)13(35)8(3-32)41-21/h5-9,13-16,21-22,32,35-38H,1-4H2,(H2,23,39)(H,24,25,28,33)/t8-,9-,13-,14-,15+,16-,21-,22-/m1/s1. The molecular formula is C22H27N9O11. The Balaban J connectivity index is 1.13. The molecule has 2 aliphatic heterocycles. The Kier molecular flexibility index (Phi) is 8.36. The number of fused-ring (bicyclic) bond motifs is 1. The Bertz CT molecular complexity index is 1460. The zero-order valence-electron chi connectivity index (χ0n) is 21.6. The second kappa shape index (κ2) is 12.0. The maximum absolute atomic E-state index is 12.5. The van der Waals surface area contributed by atoms with Gasteiger partial charge in [-0.25, -0.2) is 24.6 Å². The van der Waals surface area contributed by atoms with Crippen LogP contribution >= 0.6 is 0 Å². The minimum atomic E-state index is -1.47. The lowest BCUT2D eigenvalue weighted by Gasteiger charge is -2.16. The first kappa shape index (κ1) is 29.3. The first-order chi connectivity index (χ1) is 20.1. The smallest absolute Gasteiger partial charge is 0.306 e. The summed E-state index contributed by atoms with van der Waals surface area (Å²) in [5.41, 5.74) is 5.41. The Morgan fingerprint density at radius 3 is 2.33 bits per heavy atom. The minimum absolute atomic E-state index is 0.0129. The van der Waals surface area contributed by atoms with Gasteiger partial charge in [0, 0.05) is 6.42 Å². The van der Waals surface area contributed by atoms with Crippen LogP contribution in [0.2, 0.25) is 0 Å². The summed E-state index contributed by atoms with van der Waals surface area (Å²) in [6, 6.07) is 0. The van der Waals surface area contributed by atoms with Crippen LogP contribution in [-0.2, 0) is 23.8 Å². The molecule has 2 aliphatic rings. The van der Waals surface area contributed by atoms with Crippen molar-refractivity contribution in [3.05, 3.63) is 24.8 Å². The van der Waals surface area contributed by atoms with E-state index in [1.165, 1.54) is 10.9 Å². The Labute approximate surface area is 234 Å². The highest BCUT2D eigenvalue weighted by molar-refractivity contribution is 5.97. The number of esters is 1. The molecule has 0 bridgehead atoms. The molecule has 8 N–H and O–H groups in total. The number of aliphatic hydroxyl groups excluding tert-OH is 5. The van der Waals surface area contributed by atoms with Gasteiger partial charge in [-0.15, -0.1) is 5.10 Å². The number of anilines is 1. The Morgan fingerprint density at radius 1 is 0.929 bits per heavy atom. The van der Waals surface area contributed by atoms with Gasteiger partial charge < -0.3 is 50.8 Å². The third kappa shape index (κ3) is 5.63. The number of nitrogens with zero attached hydrogens (tertiary/aromatic N) is 7. The van der Waals surface area contributed by atoms with E-state index in [9.17, 15) is 39.9 Å². The molecule has 20 heteroatoms. The molecule has 226 valence electrons. The monoisotopic (exact) mass is 593 g/mol. The molecule has 3 aromatic heterocycles. The fourth-order valence-corrected chi connectivity index (χ4v) is 4.49. The van der Waals surface area contributed by atoms with Crippen LogP contribution in [-0.4, -0.2) is 127 Å². The van der Waals surface area contributed by atoms with Crippen molar-refractivity contribution in [1.82, 2.24) is 34.3 Å². The molecule has 0 unspecified atom stereocenters.